The summed E-state index contributed by atoms with van der Waals surface area (Å²) < 4.78 is 4.71. The predicted octanol–water partition coefficient (Wildman–Crippen LogP) is 1.14. The third-order valence-electron chi connectivity index (χ3n) is 2.19. The molecule has 94 valence electrons. The molecule has 7 heteroatoms. The van der Waals surface area contributed by atoms with E-state index in [0.717, 1.165) is 6.07 Å². The molecule has 1 aromatic carbocycles. The zero-order chi connectivity index (χ0) is 13.7. The Kier molecular flexibility index (Phi) is 4.34. The van der Waals surface area contributed by atoms with Crippen LogP contribution in [0.2, 0.25) is 0 Å². The summed E-state index contributed by atoms with van der Waals surface area (Å²) in [7, 11) is 0. The van der Waals surface area contributed by atoms with Gasteiger partial charge in [0.1, 0.15) is 11.6 Å². The molecule has 0 atom stereocenters. The van der Waals surface area contributed by atoms with Crippen LogP contribution in [-0.2, 0) is 11.3 Å². The minimum absolute atomic E-state index is 0.0229. The molecule has 0 heterocycles. The number of ether oxygens (including phenoxy) is 1. The zero-order valence-electron chi connectivity index (χ0n) is 9.54. The van der Waals surface area contributed by atoms with E-state index in [1.54, 1.807) is 13.0 Å². The van der Waals surface area contributed by atoms with E-state index in [9.17, 15) is 14.9 Å². The molecule has 1 rings (SSSR count). The summed E-state index contributed by atoms with van der Waals surface area (Å²) in [5, 5.41) is 28.7. The van der Waals surface area contributed by atoms with Gasteiger partial charge in [0.2, 0.25) is 0 Å². The van der Waals surface area contributed by atoms with Crippen LogP contribution < -0.4 is 0 Å². The van der Waals surface area contributed by atoms with Crippen LogP contribution in [0.25, 0.3) is 0 Å². The Bertz CT molecular complexity index is 533. The molecule has 0 radical (unpaired) electrons. The Morgan fingerprint density at radius 1 is 1.61 bits per heavy atom. The van der Waals surface area contributed by atoms with Crippen LogP contribution in [0.1, 0.15) is 28.4 Å². The number of nitrogens with zero attached hydrogens (tertiary/aromatic N) is 2. The largest absolute Gasteiger partial charge is 0.462 e. The van der Waals surface area contributed by atoms with Gasteiger partial charge in [0.25, 0.3) is 5.69 Å². The van der Waals surface area contributed by atoms with Crippen molar-refractivity contribution in [3.63, 3.8) is 0 Å². The van der Waals surface area contributed by atoms with Crippen molar-refractivity contribution in [2.45, 2.75) is 13.5 Å². The highest BCUT2D eigenvalue weighted by molar-refractivity contribution is 5.91. The minimum Gasteiger partial charge on any atom is -0.462 e. The summed E-state index contributed by atoms with van der Waals surface area (Å²) in [6.07, 6.45) is 0. The predicted molar refractivity (Wildman–Crippen MR) is 59.7 cm³/mol. The molecule has 0 spiro atoms. The second-order valence-electron chi connectivity index (χ2n) is 3.28. The summed E-state index contributed by atoms with van der Waals surface area (Å²) in [6, 6.07) is 3.82. The smallest absolute Gasteiger partial charge is 0.338 e. The number of hydrogen-bond acceptors (Lipinski definition) is 6. The maximum Gasteiger partial charge on any atom is 0.338 e. The van der Waals surface area contributed by atoms with Gasteiger partial charge in [-0.1, -0.05) is 0 Å². The van der Waals surface area contributed by atoms with Crippen molar-refractivity contribution in [3.05, 3.63) is 38.9 Å². The van der Waals surface area contributed by atoms with E-state index in [1.165, 1.54) is 6.07 Å². The molecule has 0 aliphatic heterocycles. The van der Waals surface area contributed by atoms with Gasteiger partial charge in [-0.3, -0.25) is 10.1 Å². The maximum absolute atomic E-state index is 11.5. The standard InChI is InChI=1S/C11H10N2O5/c1-2-18-11(15)7-3-8(6-14)9(5-12)10(4-7)13(16)17/h3-4,14H,2,6H2,1H3. The summed E-state index contributed by atoms with van der Waals surface area (Å²) in [5.74, 6) is -0.736. The Hall–Kier alpha value is -2.46. The van der Waals surface area contributed by atoms with Gasteiger partial charge >= 0.3 is 5.97 Å². The number of carbonyl (C=O) groups excluding carboxylic acids is 1. The van der Waals surface area contributed by atoms with E-state index in [1.807, 2.05) is 0 Å². The van der Waals surface area contributed by atoms with Crippen molar-refractivity contribution in [1.82, 2.24) is 0 Å². The van der Waals surface area contributed by atoms with Crippen LogP contribution in [0.4, 0.5) is 5.69 Å². The number of aliphatic hydroxyl groups excluding tert-OH is 1. The van der Waals surface area contributed by atoms with Crippen molar-refractivity contribution < 1.29 is 19.6 Å². The van der Waals surface area contributed by atoms with Gasteiger partial charge in [-0.2, -0.15) is 5.26 Å². The first-order valence-electron chi connectivity index (χ1n) is 5.04. The number of nitro groups is 1. The molecule has 0 unspecified atom stereocenters. The van der Waals surface area contributed by atoms with Crippen molar-refractivity contribution in [3.8, 4) is 6.07 Å². The highest BCUT2D eigenvalue weighted by Crippen LogP contribution is 2.24. The fourth-order valence-corrected chi connectivity index (χ4v) is 1.42. The van der Waals surface area contributed by atoms with Gasteiger partial charge in [-0.15, -0.1) is 0 Å². The number of hydrogen-bond donors (Lipinski definition) is 1. The van der Waals surface area contributed by atoms with Crippen LogP contribution in [-0.4, -0.2) is 22.6 Å². The highest BCUT2D eigenvalue weighted by atomic mass is 16.6. The molecule has 0 saturated carbocycles. The molecular weight excluding hydrogens is 240 g/mol. The first-order chi connectivity index (χ1) is 8.54. The third-order valence-corrected chi connectivity index (χ3v) is 2.19. The first kappa shape index (κ1) is 13.6. The molecule has 0 aliphatic carbocycles. The van der Waals surface area contributed by atoms with Gasteiger partial charge in [0, 0.05) is 11.6 Å². The summed E-state index contributed by atoms with van der Waals surface area (Å²) >= 11 is 0. The minimum atomic E-state index is -0.777. The number of nitriles is 1. The fraction of sp³-hybridized carbons (Fsp3) is 0.273. The van der Waals surface area contributed by atoms with Crippen LogP contribution in [0.5, 0.6) is 0 Å². The lowest BCUT2D eigenvalue weighted by Gasteiger charge is -2.06. The Morgan fingerprint density at radius 2 is 2.28 bits per heavy atom. The topological polar surface area (TPSA) is 113 Å². The number of benzene rings is 1. The van der Waals surface area contributed by atoms with Crippen LogP contribution in [0.3, 0.4) is 0 Å². The average molecular weight is 250 g/mol. The Balaban J connectivity index is 3.42. The summed E-state index contributed by atoms with van der Waals surface area (Å²) in [5.41, 5.74) is -0.816. The van der Waals surface area contributed by atoms with Crippen molar-refractivity contribution in [2.75, 3.05) is 6.61 Å². The number of carbonyl (C=O) groups is 1. The summed E-state index contributed by atoms with van der Waals surface area (Å²) in [4.78, 5) is 21.5. The second kappa shape index (κ2) is 5.75. The number of nitro benzene ring substituents is 1. The fourth-order valence-electron chi connectivity index (χ4n) is 1.42. The quantitative estimate of drug-likeness (QED) is 0.486. The lowest BCUT2D eigenvalue weighted by atomic mass is 10.0. The van der Waals surface area contributed by atoms with E-state index < -0.39 is 23.2 Å². The molecule has 0 aromatic heterocycles. The molecule has 0 saturated heterocycles. The number of esters is 1. The van der Waals surface area contributed by atoms with Crippen LogP contribution >= 0.6 is 0 Å². The van der Waals surface area contributed by atoms with Crippen molar-refractivity contribution in [2.24, 2.45) is 0 Å². The SMILES string of the molecule is CCOC(=O)c1cc(CO)c(C#N)c([N+](=O)[O-])c1. The molecule has 0 fully saturated rings. The van der Waals surface area contributed by atoms with Gasteiger partial charge in [0.15, 0.2) is 0 Å². The number of rotatable bonds is 4. The van der Waals surface area contributed by atoms with E-state index in [2.05, 4.69) is 0 Å². The van der Waals surface area contributed by atoms with E-state index in [-0.39, 0.29) is 23.3 Å². The van der Waals surface area contributed by atoms with E-state index in [0.29, 0.717) is 0 Å². The Labute approximate surface area is 102 Å². The third kappa shape index (κ3) is 2.61. The van der Waals surface area contributed by atoms with Crippen molar-refractivity contribution in [1.29, 1.82) is 5.26 Å². The first-order valence-corrected chi connectivity index (χ1v) is 5.04. The Morgan fingerprint density at radius 3 is 2.72 bits per heavy atom. The molecular formula is C11H10N2O5. The zero-order valence-corrected chi connectivity index (χ0v) is 9.54. The van der Waals surface area contributed by atoms with Crippen LogP contribution in [0, 0.1) is 21.4 Å². The summed E-state index contributed by atoms with van der Waals surface area (Å²) in [6.45, 7) is 1.15. The molecule has 18 heavy (non-hydrogen) atoms. The van der Waals surface area contributed by atoms with E-state index in [4.69, 9.17) is 15.1 Å². The molecule has 1 aromatic rings. The van der Waals surface area contributed by atoms with Gasteiger partial charge in [-0.05, 0) is 13.0 Å². The van der Waals surface area contributed by atoms with Crippen molar-refractivity contribution >= 4 is 11.7 Å². The normalized spacial score (nSPS) is 9.61. The second-order valence-corrected chi connectivity index (χ2v) is 3.28. The van der Waals surface area contributed by atoms with Gasteiger partial charge < -0.3 is 9.84 Å². The average Bonchev–Trinajstić information content (AvgIpc) is 2.37. The molecule has 1 N–H and O–H groups in total. The lowest BCUT2D eigenvalue weighted by Crippen LogP contribution is -2.08. The van der Waals surface area contributed by atoms with Gasteiger partial charge in [0.05, 0.1) is 23.7 Å². The monoisotopic (exact) mass is 250 g/mol. The van der Waals surface area contributed by atoms with E-state index >= 15 is 0 Å². The molecule has 7 nitrogen and oxygen atoms in total. The molecule has 0 amide bonds. The van der Waals surface area contributed by atoms with Crippen LogP contribution in [0.15, 0.2) is 12.1 Å². The molecule has 0 bridgehead atoms. The lowest BCUT2D eigenvalue weighted by molar-refractivity contribution is -0.385. The highest BCUT2D eigenvalue weighted by Gasteiger charge is 2.22. The van der Waals surface area contributed by atoms with Gasteiger partial charge in [-0.25, -0.2) is 4.79 Å². The molecule has 0 aliphatic rings. The maximum atomic E-state index is 11.5. The number of aliphatic hydroxyl groups is 1.